The molecule has 1 fully saturated rings. The van der Waals surface area contributed by atoms with Crippen molar-refractivity contribution in [2.24, 2.45) is 0 Å². The molecule has 0 saturated heterocycles. The van der Waals surface area contributed by atoms with Crippen LogP contribution in [0.15, 0.2) is 24.3 Å². The van der Waals surface area contributed by atoms with E-state index >= 15 is 0 Å². The van der Waals surface area contributed by atoms with E-state index in [2.05, 4.69) is 15.5 Å². The van der Waals surface area contributed by atoms with Crippen LogP contribution in [0.1, 0.15) is 36.3 Å². The molecule has 0 aliphatic heterocycles. The lowest BCUT2D eigenvalue weighted by Gasteiger charge is -2.09. The Kier molecular flexibility index (Phi) is 5.77. The van der Waals surface area contributed by atoms with Gasteiger partial charge in [0.05, 0.1) is 13.2 Å². The summed E-state index contributed by atoms with van der Waals surface area (Å²) in [7, 11) is 1.64. The van der Waals surface area contributed by atoms with Gasteiger partial charge in [-0.25, -0.2) is 0 Å². The minimum absolute atomic E-state index is 0.0788. The molecule has 1 saturated carbocycles. The van der Waals surface area contributed by atoms with Gasteiger partial charge in [0.25, 0.3) is 5.91 Å². The molecule has 2 aromatic rings. The maximum atomic E-state index is 11.9. The molecule has 0 unspecified atom stereocenters. The third-order valence-electron chi connectivity index (χ3n) is 3.96. The van der Waals surface area contributed by atoms with Gasteiger partial charge < -0.3 is 9.47 Å². The van der Waals surface area contributed by atoms with Crippen molar-refractivity contribution in [1.29, 1.82) is 0 Å². The third kappa shape index (κ3) is 4.75. The van der Waals surface area contributed by atoms with Gasteiger partial charge >= 0.3 is 0 Å². The van der Waals surface area contributed by atoms with Crippen LogP contribution in [0.5, 0.6) is 5.75 Å². The molecule has 24 heavy (non-hydrogen) atoms. The van der Waals surface area contributed by atoms with Crippen LogP contribution < -0.4 is 10.1 Å². The van der Waals surface area contributed by atoms with Crippen molar-refractivity contribution in [1.82, 2.24) is 10.2 Å². The number of carbonyl (C=O) groups excluding carboxylic acids is 1. The lowest BCUT2D eigenvalue weighted by atomic mass is 10.1. The Bertz CT molecular complexity index is 683. The predicted molar refractivity (Wildman–Crippen MR) is 92.5 cm³/mol. The average molecular weight is 347 g/mol. The summed E-state index contributed by atoms with van der Waals surface area (Å²) in [4.78, 5) is 11.9. The molecule has 1 amide bonds. The summed E-state index contributed by atoms with van der Waals surface area (Å²) < 4.78 is 10.8. The van der Waals surface area contributed by atoms with Gasteiger partial charge in [0.1, 0.15) is 17.4 Å². The largest absolute Gasteiger partial charge is 0.497 e. The minimum atomic E-state index is -0.175. The molecule has 1 N–H and O–H groups in total. The zero-order valence-corrected chi connectivity index (χ0v) is 14.5. The minimum Gasteiger partial charge on any atom is -0.497 e. The maximum Gasteiger partial charge on any atom is 0.252 e. The highest BCUT2D eigenvalue weighted by Gasteiger charge is 2.17. The first-order valence-corrected chi connectivity index (χ1v) is 8.91. The highest BCUT2D eigenvalue weighted by molar-refractivity contribution is 7.15. The van der Waals surface area contributed by atoms with E-state index in [1.54, 1.807) is 7.11 Å². The van der Waals surface area contributed by atoms with Crippen LogP contribution in [-0.2, 0) is 16.0 Å². The SMILES string of the molecule is COc1cccc(Cc2nnc(NC(=O)COC3CCCC3)s2)c1. The second-order valence-electron chi connectivity index (χ2n) is 5.79. The van der Waals surface area contributed by atoms with Crippen molar-refractivity contribution in [2.45, 2.75) is 38.2 Å². The van der Waals surface area contributed by atoms with Gasteiger partial charge in [0.15, 0.2) is 0 Å². The molecule has 3 rings (SSSR count). The van der Waals surface area contributed by atoms with Gasteiger partial charge in [-0.3, -0.25) is 10.1 Å². The monoisotopic (exact) mass is 347 g/mol. The molecule has 1 aliphatic rings. The number of hydrogen-bond donors (Lipinski definition) is 1. The molecular formula is C17H21N3O3S. The van der Waals surface area contributed by atoms with Gasteiger partial charge in [0, 0.05) is 6.42 Å². The number of nitrogens with one attached hydrogen (secondary N) is 1. The van der Waals surface area contributed by atoms with E-state index in [4.69, 9.17) is 9.47 Å². The highest BCUT2D eigenvalue weighted by atomic mass is 32.1. The van der Waals surface area contributed by atoms with Crippen LogP contribution in [0.25, 0.3) is 0 Å². The summed E-state index contributed by atoms with van der Waals surface area (Å²) in [6, 6.07) is 7.82. The Hall–Kier alpha value is -1.99. The summed E-state index contributed by atoms with van der Waals surface area (Å²) in [5.74, 6) is 0.639. The Morgan fingerprint density at radius 1 is 1.33 bits per heavy atom. The first-order chi connectivity index (χ1) is 11.7. The molecule has 6 nitrogen and oxygen atoms in total. The Morgan fingerprint density at radius 3 is 2.96 bits per heavy atom. The first-order valence-electron chi connectivity index (χ1n) is 8.09. The lowest BCUT2D eigenvalue weighted by molar-refractivity contribution is -0.122. The molecule has 0 spiro atoms. The van der Waals surface area contributed by atoms with E-state index in [9.17, 15) is 4.79 Å². The number of amides is 1. The number of methoxy groups -OCH3 is 1. The number of carbonyl (C=O) groups is 1. The summed E-state index contributed by atoms with van der Waals surface area (Å²) in [5.41, 5.74) is 1.09. The summed E-state index contributed by atoms with van der Waals surface area (Å²) >= 11 is 1.38. The summed E-state index contributed by atoms with van der Waals surface area (Å²) in [5, 5.41) is 12.3. The Labute approximate surface area is 145 Å². The standard InChI is InChI=1S/C17H21N3O3S/c1-22-14-8-4-5-12(9-14)10-16-19-20-17(24-16)18-15(21)11-23-13-6-2-3-7-13/h4-5,8-9,13H,2-3,6-7,10-11H2,1H3,(H,18,20,21). The van der Waals surface area contributed by atoms with E-state index < -0.39 is 0 Å². The fourth-order valence-corrected chi connectivity index (χ4v) is 3.53. The van der Waals surface area contributed by atoms with Crippen molar-refractivity contribution >= 4 is 22.4 Å². The van der Waals surface area contributed by atoms with Crippen LogP contribution >= 0.6 is 11.3 Å². The van der Waals surface area contributed by atoms with Gasteiger partial charge in [-0.05, 0) is 30.5 Å². The van der Waals surface area contributed by atoms with E-state index in [1.165, 1.54) is 24.2 Å². The van der Waals surface area contributed by atoms with E-state index in [0.717, 1.165) is 29.2 Å². The van der Waals surface area contributed by atoms with Crippen LogP contribution in [0.3, 0.4) is 0 Å². The Balaban J connectivity index is 1.50. The molecule has 1 heterocycles. The fraction of sp³-hybridized carbons (Fsp3) is 0.471. The van der Waals surface area contributed by atoms with Crippen molar-refractivity contribution in [3.63, 3.8) is 0 Å². The number of anilines is 1. The fourth-order valence-electron chi connectivity index (χ4n) is 2.74. The third-order valence-corrected chi connectivity index (χ3v) is 4.79. The zero-order valence-electron chi connectivity index (χ0n) is 13.7. The van der Waals surface area contributed by atoms with Gasteiger partial charge in [0.2, 0.25) is 5.13 Å². The molecule has 1 aromatic carbocycles. The normalized spacial score (nSPS) is 14.7. The maximum absolute atomic E-state index is 11.9. The number of nitrogens with zero attached hydrogens (tertiary/aromatic N) is 2. The summed E-state index contributed by atoms with van der Waals surface area (Å²) in [6.07, 6.45) is 5.37. The second kappa shape index (κ2) is 8.21. The van der Waals surface area contributed by atoms with Crippen LogP contribution in [-0.4, -0.2) is 35.9 Å². The second-order valence-corrected chi connectivity index (χ2v) is 6.86. The van der Waals surface area contributed by atoms with Crippen molar-refractivity contribution in [2.75, 3.05) is 19.0 Å². The molecule has 0 radical (unpaired) electrons. The average Bonchev–Trinajstić information content (AvgIpc) is 3.25. The molecule has 0 bridgehead atoms. The van der Waals surface area contributed by atoms with Crippen molar-refractivity contribution in [3.8, 4) is 5.75 Å². The quantitative estimate of drug-likeness (QED) is 0.833. The smallest absolute Gasteiger partial charge is 0.252 e. The van der Waals surface area contributed by atoms with E-state index in [1.807, 2.05) is 24.3 Å². The van der Waals surface area contributed by atoms with Crippen molar-refractivity contribution < 1.29 is 14.3 Å². The number of benzene rings is 1. The molecule has 7 heteroatoms. The lowest BCUT2D eigenvalue weighted by Crippen LogP contribution is -2.21. The number of rotatable bonds is 7. The molecule has 128 valence electrons. The van der Waals surface area contributed by atoms with Gasteiger partial charge in [-0.15, -0.1) is 10.2 Å². The van der Waals surface area contributed by atoms with Gasteiger partial charge in [-0.2, -0.15) is 0 Å². The predicted octanol–water partition coefficient (Wildman–Crippen LogP) is 3.04. The van der Waals surface area contributed by atoms with Crippen LogP contribution in [0, 0.1) is 0 Å². The Morgan fingerprint density at radius 2 is 2.17 bits per heavy atom. The molecule has 1 aliphatic carbocycles. The van der Waals surface area contributed by atoms with Crippen molar-refractivity contribution in [3.05, 3.63) is 34.8 Å². The molecular weight excluding hydrogens is 326 g/mol. The van der Waals surface area contributed by atoms with E-state index in [0.29, 0.717) is 11.6 Å². The summed E-state index contributed by atoms with van der Waals surface area (Å²) in [6.45, 7) is 0.0788. The highest BCUT2D eigenvalue weighted by Crippen LogP contribution is 2.22. The van der Waals surface area contributed by atoms with Crippen LogP contribution in [0.4, 0.5) is 5.13 Å². The number of aromatic nitrogens is 2. The first kappa shape index (κ1) is 16.9. The molecule has 1 aromatic heterocycles. The number of ether oxygens (including phenoxy) is 2. The number of hydrogen-bond acceptors (Lipinski definition) is 6. The zero-order chi connectivity index (χ0) is 16.8. The van der Waals surface area contributed by atoms with Crippen LogP contribution in [0.2, 0.25) is 0 Å². The topological polar surface area (TPSA) is 73.3 Å². The molecule has 0 atom stereocenters. The van der Waals surface area contributed by atoms with Gasteiger partial charge in [-0.1, -0.05) is 36.3 Å². The van der Waals surface area contributed by atoms with E-state index in [-0.39, 0.29) is 18.6 Å².